The van der Waals surface area contributed by atoms with Crippen molar-refractivity contribution in [3.05, 3.63) is 46.3 Å². The monoisotopic (exact) mass is 511 g/mol. The second-order valence-electron chi connectivity index (χ2n) is 9.91. The van der Waals surface area contributed by atoms with Crippen LogP contribution < -0.4 is 5.32 Å². The van der Waals surface area contributed by atoms with E-state index >= 15 is 0 Å². The molecule has 0 bridgehead atoms. The second kappa shape index (κ2) is 9.29. The number of anilines is 2. The van der Waals surface area contributed by atoms with Crippen molar-refractivity contribution in [3.8, 4) is 0 Å². The molecule has 4 aromatic heterocycles. The van der Waals surface area contributed by atoms with Crippen molar-refractivity contribution in [3.63, 3.8) is 0 Å². The number of aliphatic hydroxyl groups excluding tert-OH is 1. The van der Waals surface area contributed by atoms with Crippen molar-refractivity contribution < 1.29 is 5.11 Å². The van der Waals surface area contributed by atoms with E-state index in [-0.39, 0.29) is 12.1 Å². The molecule has 5 heterocycles. The third kappa shape index (κ3) is 4.29. The van der Waals surface area contributed by atoms with Crippen LogP contribution in [0.3, 0.4) is 0 Å². The molecule has 1 unspecified atom stereocenters. The van der Waals surface area contributed by atoms with Gasteiger partial charge in [0.1, 0.15) is 23.2 Å². The number of aromatic nitrogens is 4. The fraction of sp³-hybridized carbons (Fsp3) is 0.480. The summed E-state index contributed by atoms with van der Waals surface area (Å²) in [7, 11) is 4.30. The van der Waals surface area contributed by atoms with Gasteiger partial charge in [-0.2, -0.15) is 5.10 Å². The molecule has 8 nitrogen and oxygen atoms in total. The van der Waals surface area contributed by atoms with Gasteiger partial charge in [-0.3, -0.25) is 4.90 Å². The Morgan fingerprint density at radius 2 is 2.06 bits per heavy atom. The van der Waals surface area contributed by atoms with Crippen LogP contribution in [0.15, 0.2) is 30.9 Å². The fourth-order valence-corrected chi connectivity index (χ4v) is 7.09. The predicted molar refractivity (Wildman–Crippen MR) is 141 cm³/mol. The van der Waals surface area contributed by atoms with Gasteiger partial charge in [-0.05, 0) is 63.9 Å². The zero-order valence-electron chi connectivity index (χ0n) is 20.0. The summed E-state index contributed by atoms with van der Waals surface area (Å²) in [5.41, 5.74) is 3.07. The van der Waals surface area contributed by atoms with Crippen molar-refractivity contribution in [1.82, 2.24) is 29.4 Å². The quantitative estimate of drug-likeness (QED) is 0.416. The number of fused-ring (bicyclic) bond motifs is 4. The van der Waals surface area contributed by atoms with E-state index in [0.717, 1.165) is 72.4 Å². The Bertz CT molecular complexity index is 1360. The lowest BCUT2D eigenvalue weighted by Gasteiger charge is -2.40. The van der Waals surface area contributed by atoms with E-state index in [4.69, 9.17) is 11.6 Å². The number of aryl methyl sites for hydroxylation is 1. The molecule has 2 aliphatic rings. The van der Waals surface area contributed by atoms with Crippen LogP contribution in [0, 0.1) is 5.92 Å². The third-order valence-corrected chi connectivity index (χ3v) is 9.11. The molecular formula is C25H30ClN7OS. The molecule has 1 fully saturated rings. The van der Waals surface area contributed by atoms with Crippen LogP contribution in [0.2, 0.25) is 5.02 Å². The molecule has 0 aromatic carbocycles. The van der Waals surface area contributed by atoms with Crippen LogP contribution in [0.4, 0.5) is 11.5 Å². The Balaban J connectivity index is 1.24. The van der Waals surface area contributed by atoms with Gasteiger partial charge in [-0.15, -0.1) is 11.3 Å². The van der Waals surface area contributed by atoms with E-state index < -0.39 is 0 Å². The van der Waals surface area contributed by atoms with E-state index in [0.29, 0.717) is 11.1 Å². The highest BCUT2D eigenvalue weighted by Gasteiger charge is 2.34. The van der Waals surface area contributed by atoms with E-state index in [1.54, 1.807) is 34.6 Å². The topological polar surface area (TPSA) is 81.8 Å². The Hall–Kier alpha value is -2.30. The van der Waals surface area contributed by atoms with Gasteiger partial charge in [-0.25, -0.2) is 14.5 Å². The van der Waals surface area contributed by atoms with Crippen LogP contribution in [-0.2, 0) is 12.8 Å². The highest BCUT2D eigenvalue weighted by Crippen LogP contribution is 2.42. The molecular weight excluding hydrogens is 482 g/mol. The molecule has 0 radical (unpaired) electrons. The maximum atomic E-state index is 11.2. The number of thiophene rings is 1. The summed E-state index contributed by atoms with van der Waals surface area (Å²) in [5, 5.41) is 20.6. The van der Waals surface area contributed by atoms with Gasteiger partial charge >= 0.3 is 0 Å². The smallest absolute Gasteiger partial charge is 0.142 e. The Morgan fingerprint density at radius 3 is 2.86 bits per heavy atom. The molecule has 2 atom stereocenters. The first kappa shape index (κ1) is 23.1. The van der Waals surface area contributed by atoms with Crippen LogP contribution in [0.1, 0.15) is 29.7 Å². The molecule has 4 aromatic rings. The minimum absolute atomic E-state index is 0.245. The lowest BCUT2D eigenvalue weighted by Crippen LogP contribution is -2.49. The van der Waals surface area contributed by atoms with Gasteiger partial charge in [0.25, 0.3) is 0 Å². The number of piperidine rings is 1. The van der Waals surface area contributed by atoms with Gasteiger partial charge in [-0.1, -0.05) is 11.6 Å². The van der Waals surface area contributed by atoms with Gasteiger partial charge < -0.3 is 15.3 Å². The average Bonchev–Trinajstić information content (AvgIpc) is 3.47. The highest BCUT2D eigenvalue weighted by atomic mass is 35.5. The normalized spacial score (nSPS) is 20.5. The van der Waals surface area contributed by atoms with E-state index in [1.807, 2.05) is 12.1 Å². The predicted octanol–water partition coefficient (Wildman–Crippen LogP) is 4.19. The Morgan fingerprint density at radius 1 is 1.23 bits per heavy atom. The fourth-order valence-electron chi connectivity index (χ4n) is 5.61. The highest BCUT2D eigenvalue weighted by molar-refractivity contribution is 7.19. The first-order valence-electron chi connectivity index (χ1n) is 12.2. The lowest BCUT2D eigenvalue weighted by molar-refractivity contribution is -0.0605. The summed E-state index contributed by atoms with van der Waals surface area (Å²) < 4.78 is 1.75. The maximum Gasteiger partial charge on any atom is 0.142 e. The number of halogens is 1. The molecule has 2 N–H and O–H groups in total. The minimum Gasteiger partial charge on any atom is -0.378 e. The SMILES string of the molecule is CN(C)C1CCN(C(O)[C@H]2CCc3c(sc4ncnc(Nc5cc6ccnn6cc5Cl)c34)C2)CC1. The number of hydrogen-bond acceptors (Lipinski definition) is 8. The summed E-state index contributed by atoms with van der Waals surface area (Å²) in [6, 6.07) is 4.54. The summed E-state index contributed by atoms with van der Waals surface area (Å²) in [4.78, 5) is 16.1. The lowest BCUT2D eigenvalue weighted by atomic mass is 9.85. The maximum absolute atomic E-state index is 11.2. The Labute approximate surface area is 213 Å². The molecule has 0 saturated carbocycles. The van der Waals surface area contributed by atoms with Gasteiger partial charge in [0.15, 0.2) is 0 Å². The summed E-state index contributed by atoms with van der Waals surface area (Å²) in [6.45, 7) is 1.92. The average molecular weight is 512 g/mol. The van der Waals surface area contributed by atoms with Crippen molar-refractivity contribution in [2.75, 3.05) is 32.5 Å². The first-order valence-corrected chi connectivity index (χ1v) is 13.4. The van der Waals surface area contributed by atoms with Crippen molar-refractivity contribution in [1.29, 1.82) is 0 Å². The van der Waals surface area contributed by atoms with Gasteiger partial charge in [0, 0.05) is 42.3 Å². The number of aliphatic hydroxyl groups is 1. The van der Waals surface area contributed by atoms with Crippen molar-refractivity contribution in [2.24, 2.45) is 5.92 Å². The van der Waals surface area contributed by atoms with Crippen LogP contribution in [-0.4, -0.2) is 73.9 Å². The zero-order chi connectivity index (χ0) is 24.1. The van der Waals surface area contributed by atoms with Gasteiger partial charge in [0.2, 0.25) is 0 Å². The van der Waals surface area contributed by atoms with Gasteiger partial charge in [0.05, 0.1) is 21.6 Å². The molecule has 184 valence electrons. The summed E-state index contributed by atoms with van der Waals surface area (Å²) in [5.74, 6) is 1.03. The number of likely N-dealkylation sites (tertiary alicyclic amines) is 1. The number of pyridine rings is 1. The number of nitrogens with zero attached hydrogens (tertiary/aromatic N) is 6. The largest absolute Gasteiger partial charge is 0.378 e. The summed E-state index contributed by atoms with van der Waals surface area (Å²) >= 11 is 8.26. The molecule has 10 heteroatoms. The molecule has 6 rings (SSSR count). The Kier molecular flexibility index (Phi) is 6.14. The standard InChI is InChI=1S/C25H30ClN7OS/c1-31(2)16-6-9-32(10-7-16)25(34)15-3-4-18-21(11-15)35-24-22(18)23(27-14-28-24)30-20-12-17-5-8-29-33(17)13-19(20)26/h5,8,12-16,25,34H,3-4,6-7,9-11H2,1-2H3,(H,27,28,30)/t15-,25?/m0/s1. The van der Waals surface area contributed by atoms with Crippen molar-refractivity contribution >= 4 is 50.2 Å². The molecule has 1 aliphatic carbocycles. The van der Waals surface area contributed by atoms with Crippen molar-refractivity contribution in [2.45, 2.75) is 44.4 Å². The molecule has 0 amide bonds. The van der Waals surface area contributed by atoms with Crippen LogP contribution >= 0.6 is 22.9 Å². The van der Waals surface area contributed by atoms with Crippen LogP contribution in [0.25, 0.3) is 15.7 Å². The molecule has 1 saturated heterocycles. The number of nitrogens with one attached hydrogen (secondary N) is 1. The second-order valence-corrected chi connectivity index (χ2v) is 11.4. The number of hydrogen-bond donors (Lipinski definition) is 2. The van der Waals surface area contributed by atoms with E-state index in [1.165, 1.54) is 10.4 Å². The van der Waals surface area contributed by atoms with Crippen LogP contribution in [0.5, 0.6) is 0 Å². The minimum atomic E-state index is -0.388. The molecule has 35 heavy (non-hydrogen) atoms. The number of rotatable bonds is 5. The summed E-state index contributed by atoms with van der Waals surface area (Å²) in [6.07, 6.45) is 9.77. The third-order valence-electron chi connectivity index (χ3n) is 7.65. The first-order chi connectivity index (χ1) is 17.0. The molecule has 1 aliphatic heterocycles. The zero-order valence-corrected chi connectivity index (χ0v) is 21.6. The van der Waals surface area contributed by atoms with E-state index in [9.17, 15) is 5.11 Å². The molecule has 0 spiro atoms. The van der Waals surface area contributed by atoms with E-state index in [2.05, 4.69) is 44.3 Å².